The maximum absolute atomic E-state index is 13.5. The Morgan fingerprint density at radius 2 is 1.02 bits per heavy atom. The van der Waals surface area contributed by atoms with Gasteiger partial charge >= 0.3 is 15.0 Å². The van der Waals surface area contributed by atoms with Gasteiger partial charge in [0.05, 0.1) is 26.4 Å². The van der Waals surface area contributed by atoms with Gasteiger partial charge in [-0.25, -0.2) is 8.78 Å². The van der Waals surface area contributed by atoms with Crippen molar-refractivity contribution in [3.05, 3.63) is 120 Å². The van der Waals surface area contributed by atoms with Crippen molar-refractivity contribution in [2.24, 2.45) is 0 Å². The van der Waals surface area contributed by atoms with Crippen LogP contribution in [-0.2, 0) is 36.7 Å². The molecular weight excluding hydrogens is 552 g/mol. The summed E-state index contributed by atoms with van der Waals surface area (Å²) in [5.74, 6) is -0.629. The van der Waals surface area contributed by atoms with Crippen LogP contribution in [0, 0.1) is 11.6 Å². The fraction of sp³-hybridized carbons (Fsp3) is 0.250. The Balaban J connectivity index is 1.17. The molecule has 0 aromatic heterocycles. The summed E-state index contributed by atoms with van der Waals surface area (Å²) in [7, 11) is 3.94. The molecule has 2 N–H and O–H groups in total. The van der Waals surface area contributed by atoms with E-state index in [1.165, 1.54) is 24.3 Å². The molecule has 0 fully saturated rings. The monoisotopic (exact) mass is 588 g/mol. The molecule has 0 amide bonds. The highest BCUT2D eigenvalue weighted by Crippen LogP contribution is 2.13. The van der Waals surface area contributed by atoms with Gasteiger partial charge in [-0.15, -0.1) is 0 Å². The zero-order chi connectivity index (χ0) is 30.3. The Kier molecular flexibility index (Phi) is 13.0. The first-order valence-electron chi connectivity index (χ1n) is 14.0. The van der Waals surface area contributed by atoms with Crippen molar-refractivity contribution in [3.63, 3.8) is 0 Å². The molecule has 224 valence electrons. The van der Waals surface area contributed by atoms with Crippen LogP contribution in [0.3, 0.4) is 0 Å². The van der Waals surface area contributed by atoms with Crippen LogP contribution in [0.4, 0.5) is 20.2 Å². The summed E-state index contributed by atoms with van der Waals surface area (Å²) in [5, 5.41) is 6.29. The third-order valence-electron chi connectivity index (χ3n) is 6.43. The van der Waals surface area contributed by atoms with Crippen LogP contribution in [0.15, 0.2) is 97.1 Å². The lowest BCUT2D eigenvalue weighted by Crippen LogP contribution is -2.33. The van der Waals surface area contributed by atoms with Gasteiger partial charge in [-0.05, 0) is 47.5 Å². The summed E-state index contributed by atoms with van der Waals surface area (Å²) in [6, 6.07) is 28.5. The number of hydrogen-bond acceptors (Lipinski definition) is 7. The zero-order valence-electron chi connectivity index (χ0n) is 24.4. The number of benzene rings is 4. The quantitative estimate of drug-likeness (QED) is 0.135. The van der Waals surface area contributed by atoms with Crippen molar-refractivity contribution >= 4 is 37.3 Å². The molecule has 0 spiro atoms. The molecule has 2 unspecified atom stereocenters. The number of methoxy groups -OCH3 is 2. The van der Waals surface area contributed by atoms with Crippen LogP contribution < -0.4 is 21.6 Å². The third kappa shape index (κ3) is 11.5. The van der Waals surface area contributed by atoms with Gasteiger partial charge in [0.1, 0.15) is 24.1 Å². The topological polar surface area (TPSA) is 70.2 Å². The molecule has 0 aliphatic rings. The van der Waals surface area contributed by atoms with E-state index in [1.807, 2.05) is 48.5 Å². The van der Waals surface area contributed by atoms with E-state index >= 15 is 0 Å². The van der Waals surface area contributed by atoms with Crippen molar-refractivity contribution in [1.82, 2.24) is 0 Å². The predicted molar refractivity (Wildman–Crippen MR) is 168 cm³/mol. The van der Waals surface area contributed by atoms with Crippen LogP contribution in [0.25, 0.3) is 0 Å². The van der Waals surface area contributed by atoms with Gasteiger partial charge in [-0.1, -0.05) is 71.6 Å². The fourth-order valence-electron chi connectivity index (χ4n) is 4.24. The molecule has 4 rings (SSSR count). The van der Waals surface area contributed by atoms with Crippen LogP contribution >= 0.6 is 0 Å². The second-order valence-corrected chi connectivity index (χ2v) is 9.95. The van der Waals surface area contributed by atoms with Gasteiger partial charge < -0.3 is 34.2 Å². The van der Waals surface area contributed by atoms with E-state index in [1.54, 1.807) is 38.5 Å². The lowest BCUT2D eigenvalue weighted by atomic mass is 9.87. The molecule has 0 aliphatic carbocycles. The molecule has 0 heterocycles. The van der Waals surface area contributed by atoms with Crippen molar-refractivity contribution < 1.29 is 32.3 Å². The van der Waals surface area contributed by atoms with Crippen molar-refractivity contribution in [2.75, 3.05) is 38.1 Å². The van der Waals surface area contributed by atoms with Gasteiger partial charge in [-0.3, -0.25) is 0 Å². The molecule has 2 atom stereocenters. The Hall–Kier alpha value is -3.73. The molecule has 0 radical (unpaired) electrons. The average Bonchev–Trinajstić information content (AvgIpc) is 3.00. The summed E-state index contributed by atoms with van der Waals surface area (Å²) in [6.45, 7) is 1.59. The molecule has 0 bridgehead atoms. The normalized spacial score (nSPS) is 12.4. The number of rotatable bonds is 18. The summed E-state index contributed by atoms with van der Waals surface area (Å²) >= 11 is 0. The maximum Gasteiger partial charge on any atom is 0.311 e. The molecule has 0 saturated heterocycles. The average molecular weight is 588 g/mol. The SMILES string of the molecule is COCC(Nc1cccc(F)c1)OBc1ccc(COCc2ccc(BOC(COC)Nc3cccc(F)c3)cc2)cc1. The van der Waals surface area contributed by atoms with Gasteiger partial charge in [0.2, 0.25) is 0 Å². The maximum atomic E-state index is 13.5. The Morgan fingerprint density at radius 1 is 0.605 bits per heavy atom. The van der Waals surface area contributed by atoms with E-state index in [-0.39, 0.29) is 11.6 Å². The van der Waals surface area contributed by atoms with E-state index in [9.17, 15) is 8.78 Å². The molecule has 4 aromatic rings. The first-order chi connectivity index (χ1) is 21.0. The van der Waals surface area contributed by atoms with E-state index in [0.29, 0.717) is 52.8 Å². The molecule has 7 nitrogen and oxygen atoms in total. The highest BCUT2D eigenvalue weighted by Gasteiger charge is 2.12. The lowest BCUT2D eigenvalue weighted by Gasteiger charge is -2.20. The summed E-state index contributed by atoms with van der Waals surface area (Å²) in [6.07, 6.45) is -0.840. The summed E-state index contributed by atoms with van der Waals surface area (Å²) in [4.78, 5) is 0. The van der Waals surface area contributed by atoms with Gasteiger partial charge in [-0.2, -0.15) is 0 Å². The summed E-state index contributed by atoms with van der Waals surface area (Å²) in [5.41, 5.74) is 5.36. The minimum atomic E-state index is -0.420. The molecule has 4 aromatic carbocycles. The van der Waals surface area contributed by atoms with Crippen molar-refractivity contribution in [3.8, 4) is 0 Å². The highest BCUT2D eigenvalue weighted by atomic mass is 19.1. The minimum absolute atomic E-state index is 0.314. The number of halogens is 2. The van der Waals surface area contributed by atoms with E-state index in [4.69, 9.17) is 23.5 Å². The fourth-order valence-corrected chi connectivity index (χ4v) is 4.24. The van der Waals surface area contributed by atoms with Crippen LogP contribution in [0.1, 0.15) is 11.1 Å². The lowest BCUT2D eigenvalue weighted by molar-refractivity contribution is 0.101. The van der Waals surface area contributed by atoms with Crippen LogP contribution in [0.5, 0.6) is 0 Å². The molecular formula is C32H36B2F2N2O5. The Morgan fingerprint density at radius 3 is 1.40 bits per heavy atom. The Bertz CT molecular complexity index is 1280. The number of ether oxygens (including phenoxy) is 3. The zero-order valence-corrected chi connectivity index (χ0v) is 24.4. The molecule has 11 heteroatoms. The first kappa shape index (κ1) is 32.2. The second-order valence-electron chi connectivity index (χ2n) is 9.95. The van der Waals surface area contributed by atoms with Gasteiger partial charge in [0.25, 0.3) is 0 Å². The van der Waals surface area contributed by atoms with E-state index in [2.05, 4.69) is 10.6 Å². The number of anilines is 2. The second kappa shape index (κ2) is 17.4. The first-order valence-corrected chi connectivity index (χ1v) is 14.0. The van der Waals surface area contributed by atoms with E-state index in [0.717, 1.165) is 22.1 Å². The van der Waals surface area contributed by atoms with Gasteiger partial charge in [0, 0.05) is 25.6 Å². The number of hydrogen-bond donors (Lipinski definition) is 2. The predicted octanol–water partition coefficient (Wildman–Crippen LogP) is 3.84. The molecule has 0 saturated carbocycles. The largest absolute Gasteiger partial charge is 0.414 e. The van der Waals surface area contributed by atoms with Crippen molar-refractivity contribution in [2.45, 2.75) is 25.7 Å². The summed E-state index contributed by atoms with van der Waals surface area (Å²) < 4.78 is 55.3. The highest BCUT2D eigenvalue weighted by molar-refractivity contribution is 6.47. The third-order valence-corrected chi connectivity index (χ3v) is 6.43. The Labute approximate surface area is 253 Å². The van der Waals surface area contributed by atoms with E-state index < -0.39 is 12.5 Å². The van der Waals surface area contributed by atoms with Gasteiger partial charge in [0.15, 0.2) is 0 Å². The molecule has 43 heavy (non-hydrogen) atoms. The standard InChI is InChI=1S/C32H36B2F2N2O5/c1-39-21-31(37-29-7-3-5-27(35)17-29)42-33-25-13-9-23(10-14-25)19-41-20-24-11-15-26(16-12-24)34-43-32(22-40-2)38-30-8-4-6-28(36)18-30/h3-18,31-34,37-38H,19-22H2,1-2H3. The number of nitrogens with one attached hydrogen (secondary N) is 2. The van der Waals surface area contributed by atoms with Crippen molar-refractivity contribution in [1.29, 1.82) is 0 Å². The van der Waals surface area contributed by atoms with Crippen LogP contribution in [-0.4, -0.2) is 54.9 Å². The minimum Gasteiger partial charge on any atom is -0.414 e. The molecule has 0 aliphatic heterocycles. The van der Waals surface area contributed by atoms with Crippen LogP contribution in [0.2, 0.25) is 0 Å². The smallest absolute Gasteiger partial charge is 0.311 e.